The number of hydrogen-bond donors (Lipinski definition) is 0. The van der Waals surface area contributed by atoms with Crippen LogP contribution in [0, 0.1) is 11.8 Å². The monoisotopic (exact) mass is 238 g/mol. The van der Waals surface area contributed by atoms with Gasteiger partial charge in [0.2, 0.25) is 0 Å². The van der Waals surface area contributed by atoms with E-state index in [4.69, 9.17) is 9.47 Å². The Morgan fingerprint density at radius 3 is 2.28 bits per heavy atom. The van der Waals surface area contributed by atoms with E-state index in [0.29, 0.717) is 6.61 Å². The summed E-state index contributed by atoms with van der Waals surface area (Å²) in [6.07, 6.45) is 0. The Morgan fingerprint density at radius 2 is 1.61 bits per heavy atom. The van der Waals surface area contributed by atoms with Crippen LogP contribution >= 0.6 is 0 Å². The normalized spacial score (nSPS) is 9.17. The molecule has 0 N–H and O–H groups in total. The fraction of sp³-hybridized carbons (Fsp3) is 0.125. The average molecular weight is 238 g/mol. The molecule has 0 saturated heterocycles. The molecule has 2 aromatic rings. The zero-order chi connectivity index (χ0) is 12.6. The highest BCUT2D eigenvalue weighted by atomic mass is 16.5. The highest BCUT2D eigenvalue weighted by Crippen LogP contribution is 2.10. The average Bonchev–Trinajstić information content (AvgIpc) is 2.45. The van der Waals surface area contributed by atoms with E-state index in [1.165, 1.54) is 0 Å². The van der Waals surface area contributed by atoms with Crippen molar-refractivity contribution in [3.05, 3.63) is 60.2 Å². The van der Waals surface area contributed by atoms with Crippen molar-refractivity contribution in [2.75, 3.05) is 13.7 Å². The van der Waals surface area contributed by atoms with Crippen molar-refractivity contribution in [1.82, 2.24) is 0 Å². The fourth-order valence-electron chi connectivity index (χ4n) is 1.45. The first kappa shape index (κ1) is 12.1. The van der Waals surface area contributed by atoms with E-state index >= 15 is 0 Å². The molecule has 0 unspecified atom stereocenters. The first-order chi connectivity index (χ1) is 8.88. The van der Waals surface area contributed by atoms with Gasteiger partial charge in [0.05, 0.1) is 7.11 Å². The number of hydrogen-bond acceptors (Lipinski definition) is 2. The van der Waals surface area contributed by atoms with Gasteiger partial charge in [-0.3, -0.25) is 0 Å². The van der Waals surface area contributed by atoms with Crippen molar-refractivity contribution in [1.29, 1.82) is 0 Å². The second kappa shape index (κ2) is 6.36. The zero-order valence-electron chi connectivity index (χ0n) is 10.2. The Bertz CT molecular complexity index is 533. The molecule has 0 bridgehead atoms. The second-order valence-electron chi connectivity index (χ2n) is 3.63. The summed E-state index contributed by atoms with van der Waals surface area (Å²) < 4.78 is 10.6. The maximum atomic E-state index is 5.47. The van der Waals surface area contributed by atoms with E-state index in [2.05, 4.69) is 11.8 Å². The SMILES string of the molecule is COc1ccc(C#CCOc2ccccc2)cc1. The molecule has 0 aliphatic carbocycles. The Morgan fingerprint density at radius 1 is 0.889 bits per heavy atom. The van der Waals surface area contributed by atoms with Crippen molar-refractivity contribution in [3.63, 3.8) is 0 Å². The van der Waals surface area contributed by atoms with Crippen LogP contribution in [-0.4, -0.2) is 13.7 Å². The molecule has 0 aromatic heterocycles. The minimum Gasteiger partial charge on any atom is -0.497 e. The van der Waals surface area contributed by atoms with Crippen molar-refractivity contribution in [2.24, 2.45) is 0 Å². The molecule has 0 heterocycles. The summed E-state index contributed by atoms with van der Waals surface area (Å²) in [6.45, 7) is 0.385. The summed E-state index contributed by atoms with van der Waals surface area (Å²) in [5, 5.41) is 0. The van der Waals surface area contributed by atoms with Crippen LogP contribution < -0.4 is 9.47 Å². The maximum Gasteiger partial charge on any atom is 0.149 e. The van der Waals surface area contributed by atoms with Crippen LogP contribution in [0.5, 0.6) is 11.5 Å². The van der Waals surface area contributed by atoms with Gasteiger partial charge in [0, 0.05) is 5.56 Å². The lowest BCUT2D eigenvalue weighted by atomic mass is 10.2. The van der Waals surface area contributed by atoms with E-state index in [9.17, 15) is 0 Å². The van der Waals surface area contributed by atoms with Crippen molar-refractivity contribution < 1.29 is 9.47 Å². The highest BCUT2D eigenvalue weighted by molar-refractivity contribution is 5.38. The van der Waals surface area contributed by atoms with E-state index in [1.807, 2.05) is 54.6 Å². The van der Waals surface area contributed by atoms with Gasteiger partial charge < -0.3 is 9.47 Å². The van der Waals surface area contributed by atoms with Gasteiger partial charge in [-0.1, -0.05) is 30.0 Å². The fourth-order valence-corrected chi connectivity index (χ4v) is 1.45. The molecule has 18 heavy (non-hydrogen) atoms. The third-order valence-electron chi connectivity index (χ3n) is 2.38. The predicted octanol–water partition coefficient (Wildman–Crippen LogP) is 3.13. The number of methoxy groups -OCH3 is 1. The molecular formula is C16H14O2. The summed E-state index contributed by atoms with van der Waals surface area (Å²) in [5.74, 6) is 7.68. The van der Waals surface area contributed by atoms with Crippen LogP contribution in [-0.2, 0) is 0 Å². The lowest BCUT2D eigenvalue weighted by Crippen LogP contribution is -1.93. The summed E-state index contributed by atoms with van der Waals surface area (Å²) in [6, 6.07) is 17.3. The van der Waals surface area contributed by atoms with E-state index in [1.54, 1.807) is 7.11 Å². The van der Waals surface area contributed by atoms with Crippen LogP contribution in [0.3, 0.4) is 0 Å². The molecule has 2 nitrogen and oxygen atoms in total. The lowest BCUT2D eigenvalue weighted by molar-refractivity contribution is 0.370. The third kappa shape index (κ3) is 3.57. The molecule has 0 radical (unpaired) electrons. The second-order valence-corrected chi connectivity index (χ2v) is 3.63. The molecular weight excluding hydrogens is 224 g/mol. The lowest BCUT2D eigenvalue weighted by Gasteiger charge is -2.00. The molecule has 90 valence electrons. The quantitative estimate of drug-likeness (QED) is 0.765. The van der Waals surface area contributed by atoms with E-state index < -0.39 is 0 Å². The van der Waals surface area contributed by atoms with E-state index in [-0.39, 0.29) is 0 Å². The minimum absolute atomic E-state index is 0.385. The minimum atomic E-state index is 0.385. The van der Waals surface area contributed by atoms with Gasteiger partial charge in [-0.15, -0.1) is 0 Å². The number of para-hydroxylation sites is 1. The first-order valence-electron chi connectivity index (χ1n) is 5.69. The number of rotatable bonds is 3. The first-order valence-corrected chi connectivity index (χ1v) is 5.69. The van der Waals surface area contributed by atoms with E-state index in [0.717, 1.165) is 17.1 Å². The highest BCUT2D eigenvalue weighted by Gasteiger charge is 1.90. The molecule has 0 atom stereocenters. The predicted molar refractivity (Wildman–Crippen MR) is 71.8 cm³/mol. The Balaban J connectivity index is 1.88. The molecule has 0 fully saturated rings. The standard InChI is InChI=1S/C16H14O2/c1-17-15-11-9-14(10-12-15)6-5-13-18-16-7-3-2-4-8-16/h2-4,7-12H,13H2,1H3. The molecule has 2 heteroatoms. The summed E-state index contributed by atoms with van der Waals surface area (Å²) in [5.41, 5.74) is 0.951. The summed E-state index contributed by atoms with van der Waals surface area (Å²) in [7, 11) is 1.65. The van der Waals surface area contributed by atoms with Gasteiger partial charge in [0.1, 0.15) is 18.1 Å². The molecule has 0 aliphatic rings. The summed E-state index contributed by atoms with van der Waals surface area (Å²) >= 11 is 0. The van der Waals surface area contributed by atoms with Gasteiger partial charge in [0.25, 0.3) is 0 Å². The van der Waals surface area contributed by atoms with Crippen molar-refractivity contribution in [3.8, 4) is 23.3 Å². The van der Waals surface area contributed by atoms with Gasteiger partial charge in [-0.2, -0.15) is 0 Å². The van der Waals surface area contributed by atoms with Crippen LogP contribution in [0.2, 0.25) is 0 Å². The van der Waals surface area contributed by atoms with Gasteiger partial charge >= 0.3 is 0 Å². The number of ether oxygens (including phenoxy) is 2. The molecule has 0 spiro atoms. The largest absolute Gasteiger partial charge is 0.497 e. The Kier molecular flexibility index (Phi) is 4.27. The Labute approximate surface area is 107 Å². The van der Waals surface area contributed by atoms with Gasteiger partial charge in [-0.25, -0.2) is 0 Å². The molecule has 2 aromatic carbocycles. The molecule has 0 amide bonds. The maximum absolute atomic E-state index is 5.47. The van der Waals surface area contributed by atoms with Crippen molar-refractivity contribution >= 4 is 0 Å². The topological polar surface area (TPSA) is 18.5 Å². The number of benzene rings is 2. The Hall–Kier alpha value is -2.40. The third-order valence-corrected chi connectivity index (χ3v) is 2.38. The summed E-state index contributed by atoms with van der Waals surface area (Å²) in [4.78, 5) is 0. The molecule has 0 aliphatic heterocycles. The van der Waals surface area contributed by atoms with Crippen LogP contribution in [0.4, 0.5) is 0 Å². The molecule has 2 rings (SSSR count). The molecule has 0 saturated carbocycles. The van der Waals surface area contributed by atoms with Crippen molar-refractivity contribution in [2.45, 2.75) is 0 Å². The zero-order valence-corrected chi connectivity index (χ0v) is 10.2. The smallest absolute Gasteiger partial charge is 0.149 e. The van der Waals surface area contributed by atoms with Gasteiger partial charge in [0.15, 0.2) is 0 Å². The van der Waals surface area contributed by atoms with Gasteiger partial charge in [-0.05, 0) is 36.4 Å². The van der Waals surface area contributed by atoms with Crippen LogP contribution in [0.25, 0.3) is 0 Å². The van der Waals surface area contributed by atoms with Crippen LogP contribution in [0.1, 0.15) is 5.56 Å². The van der Waals surface area contributed by atoms with Crippen LogP contribution in [0.15, 0.2) is 54.6 Å².